The number of nitrogens with zero attached hydrogens (tertiary/aromatic N) is 1. The molecule has 5 heteroatoms. The van der Waals surface area contributed by atoms with Gasteiger partial charge in [-0.3, -0.25) is 4.79 Å². The van der Waals surface area contributed by atoms with Crippen LogP contribution in [-0.4, -0.2) is 25.3 Å². The minimum absolute atomic E-state index is 0.235. The normalized spacial score (nSPS) is 11.9. The number of ether oxygens (including phenoxy) is 1. The van der Waals surface area contributed by atoms with Crippen molar-refractivity contribution in [1.82, 2.24) is 5.32 Å². The summed E-state index contributed by atoms with van der Waals surface area (Å²) in [5, 5.41) is 6.65. The Balaban J connectivity index is 1.82. The zero-order chi connectivity index (χ0) is 16.5. The quantitative estimate of drug-likeness (QED) is 0.632. The van der Waals surface area contributed by atoms with Gasteiger partial charge in [-0.1, -0.05) is 53.7 Å². The van der Waals surface area contributed by atoms with Gasteiger partial charge in [0, 0.05) is 12.1 Å². The summed E-state index contributed by atoms with van der Waals surface area (Å²) >= 11 is 0. The lowest BCUT2D eigenvalue weighted by molar-refractivity contribution is -0.131. The van der Waals surface area contributed by atoms with Gasteiger partial charge in [-0.25, -0.2) is 0 Å². The molecule has 0 bridgehead atoms. The third-order valence-corrected chi connectivity index (χ3v) is 3.24. The molecule has 1 N–H and O–H groups in total. The van der Waals surface area contributed by atoms with Crippen LogP contribution >= 0.6 is 0 Å². The van der Waals surface area contributed by atoms with E-state index >= 15 is 0 Å². The number of methoxy groups -OCH3 is 1. The van der Waals surface area contributed by atoms with Crippen LogP contribution in [0, 0.1) is 0 Å². The third kappa shape index (κ3) is 5.14. The molecule has 1 atom stereocenters. The predicted molar refractivity (Wildman–Crippen MR) is 89.4 cm³/mol. The summed E-state index contributed by atoms with van der Waals surface area (Å²) in [6.07, 6.45) is 0.897. The Morgan fingerprint density at radius 1 is 1.17 bits per heavy atom. The number of carbonyl (C=O) groups excluding carboxylic acids is 1. The number of amides is 1. The Kier molecular flexibility index (Phi) is 6.17. The van der Waals surface area contributed by atoms with Crippen molar-refractivity contribution >= 4 is 12.1 Å². The van der Waals surface area contributed by atoms with E-state index in [4.69, 9.17) is 9.57 Å². The first-order valence-corrected chi connectivity index (χ1v) is 7.34. The molecule has 0 saturated carbocycles. The largest absolute Gasteiger partial charge is 0.496 e. The minimum atomic E-state index is -0.676. The molecule has 0 saturated heterocycles. The van der Waals surface area contributed by atoms with E-state index in [0.29, 0.717) is 6.54 Å². The summed E-state index contributed by atoms with van der Waals surface area (Å²) in [6.45, 7) is 2.03. The van der Waals surface area contributed by atoms with Crippen molar-refractivity contribution in [3.63, 3.8) is 0 Å². The Bertz CT molecular complexity index is 656. The Labute approximate surface area is 135 Å². The van der Waals surface area contributed by atoms with Crippen molar-refractivity contribution in [2.75, 3.05) is 7.11 Å². The fourth-order valence-electron chi connectivity index (χ4n) is 1.94. The molecule has 1 amide bonds. The smallest absolute Gasteiger partial charge is 0.263 e. The number of para-hydroxylation sites is 1. The van der Waals surface area contributed by atoms with Gasteiger partial charge in [-0.15, -0.1) is 0 Å². The summed E-state index contributed by atoms with van der Waals surface area (Å²) in [4.78, 5) is 17.2. The monoisotopic (exact) mass is 312 g/mol. The van der Waals surface area contributed by atoms with E-state index in [1.807, 2.05) is 54.6 Å². The van der Waals surface area contributed by atoms with Crippen LogP contribution in [-0.2, 0) is 16.2 Å². The van der Waals surface area contributed by atoms with E-state index in [2.05, 4.69) is 10.5 Å². The van der Waals surface area contributed by atoms with E-state index in [-0.39, 0.29) is 5.91 Å². The van der Waals surface area contributed by atoms with Crippen LogP contribution in [0.1, 0.15) is 18.1 Å². The molecule has 120 valence electrons. The summed E-state index contributed by atoms with van der Waals surface area (Å²) in [5.41, 5.74) is 1.82. The van der Waals surface area contributed by atoms with Gasteiger partial charge in [-0.2, -0.15) is 0 Å². The molecule has 0 aliphatic heterocycles. The molecule has 2 rings (SSSR count). The van der Waals surface area contributed by atoms with Gasteiger partial charge in [0.2, 0.25) is 6.10 Å². The summed E-state index contributed by atoms with van der Waals surface area (Å²) in [5.74, 6) is 0.504. The van der Waals surface area contributed by atoms with Gasteiger partial charge in [0.15, 0.2) is 0 Å². The SMILES string of the molecule is COc1ccccc1CNC(=O)C(C)ON=Cc1ccccc1. The lowest BCUT2D eigenvalue weighted by atomic mass is 10.2. The molecule has 5 nitrogen and oxygen atoms in total. The molecule has 1 unspecified atom stereocenters. The number of nitrogens with one attached hydrogen (secondary N) is 1. The number of oxime groups is 1. The van der Waals surface area contributed by atoms with E-state index < -0.39 is 6.10 Å². The van der Waals surface area contributed by atoms with E-state index in [1.54, 1.807) is 20.2 Å². The number of benzene rings is 2. The maximum absolute atomic E-state index is 12.0. The first-order chi connectivity index (χ1) is 11.2. The van der Waals surface area contributed by atoms with Crippen molar-refractivity contribution in [2.24, 2.45) is 5.16 Å². The van der Waals surface area contributed by atoms with Crippen LogP contribution in [0.4, 0.5) is 0 Å². The molecule has 0 aliphatic rings. The summed E-state index contributed by atoms with van der Waals surface area (Å²) in [7, 11) is 1.60. The van der Waals surface area contributed by atoms with Gasteiger partial charge >= 0.3 is 0 Å². The lowest BCUT2D eigenvalue weighted by Gasteiger charge is -2.12. The maximum atomic E-state index is 12.0. The fraction of sp³-hybridized carbons (Fsp3) is 0.222. The molecule has 0 radical (unpaired) electrons. The van der Waals surface area contributed by atoms with Crippen molar-refractivity contribution < 1.29 is 14.4 Å². The lowest BCUT2D eigenvalue weighted by Crippen LogP contribution is -2.33. The van der Waals surface area contributed by atoms with Crippen LogP contribution < -0.4 is 10.1 Å². The summed E-state index contributed by atoms with van der Waals surface area (Å²) < 4.78 is 5.25. The molecule has 0 heterocycles. The molecular formula is C18H20N2O3. The molecule has 0 aliphatic carbocycles. The molecule has 0 fully saturated rings. The topological polar surface area (TPSA) is 59.9 Å². The number of hydrogen-bond acceptors (Lipinski definition) is 4. The number of rotatable bonds is 7. The van der Waals surface area contributed by atoms with Crippen molar-refractivity contribution in [1.29, 1.82) is 0 Å². The van der Waals surface area contributed by atoms with Gasteiger partial charge in [0.25, 0.3) is 5.91 Å². The van der Waals surface area contributed by atoms with Crippen LogP contribution in [0.25, 0.3) is 0 Å². The number of hydrogen-bond donors (Lipinski definition) is 1. The highest BCUT2D eigenvalue weighted by atomic mass is 16.6. The highest BCUT2D eigenvalue weighted by molar-refractivity contribution is 5.81. The zero-order valence-corrected chi connectivity index (χ0v) is 13.2. The zero-order valence-electron chi connectivity index (χ0n) is 13.2. The minimum Gasteiger partial charge on any atom is -0.496 e. The molecular weight excluding hydrogens is 292 g/mol. The molecule has 2 aromatic rings. The second-order valence-electron chi connectivity index (χ2n) is 4.92. The molecule has 0 aromatic heterocycles. The van der Waals surface area contributed by atoms with Crippen molar-refractivity contribution in [3.05, 3.63) is 65.7 Å². The molecule has 0 spiro atoms. The Morgan fingerprint density at radius 2 is 1.87 bits per heavy atom. The predicted octanol–water partition coefficient (Wildman–Crippen LogP) is 2.75. The number of carbonyl (C=O) groups is 1. The Morgan fingerprint density at radius 3 is 2.61 bits per heavy atom. The first-order valence-electron chi connectivity index (χ1n) is 7.34. The van der Waals surface area contributed by atoms with E-state index in [9.17, 15) is 4.79 Å². The average Bonchev–Trinajstić information content (AvgIpc) is 2.60. The highest BCUT2D eigenvalue weighted by Gasteiger charge is 2.14. The van der Waals surface area contributed by atoms with Gasteiger partial charge in [0.05, 0.1) is 13.3 Å². The van der Waals surface area contributed by atoms with Gasteiger partial charge in [-0.05, 0) is 18.6 Å². The third-order valence-electron chi connectivity index (χ3n) is 3.24. The molecule has 2 aromatic carbocycles. The first kappa shape index (κ1) is 16.5. The second kappa shape index (κ2) is 8.58. The fourth-order valence-corrected chi connectivity index (χ4v) is 1.94. The van der Waals surface area contributed by atoms with Gasteiger partial charge < -0.3 is 14.9 Å². The van der Waals surface area contributed by atoms with Gasteiger partial charge in [0.1, 0.15) is 5.75 Å². The van der Waals surface area contributed by atoms with Crippen molar-refractivity contribution in [2.45, 2.75) is 19.6 Å². The maximum Gasteiger partial charge on any atom is 0.263 e. The van der Waals surface area contributed by atoms with E-state index in [1.165, 1.54) is 0 Å². The average molecular weight is 312 g/mol. The van der Waals surface area contributed by atoms with Crippen LogP contribution in [0.5, 0.6) is 5.75 Å². The van der Waals surface area contributed by atoms with Crippen LogP contribution in [0.3, 0.4) is 0 Å². The molecule has 23 heavy (non-hydrogen) atoms. The standard InChI is InChI=1S/C18H20N2O3/c1-14(23-20-12-15-8-4-3-5-9-15)18(21)19-13-16-10-6-7-11-17(16)22-2/h3-12,14H,13H2,1-2H3,(H,19,21). The van der Waals surface area contributed by atoms with Crippen LogP contribution in [0.15, 0.2) is 59.8 Å². The van der Waals surface area contributed by atoms with Crippen molar-refractivity contribution in [3.8, 4) is 5.75 Å². The Hall–Kier alpha value is -2.82. The summed E-state index contributed by atoms with van der Waals surface area (Å²) in [6, 6.07) is 17.1. The second-order valence-corrected chi connectivity index (χ2v) is 4.92. The highest BCUT2D eigenvalue weighted by Crippen LogP contribution is 2.16. The van der Waals surface area contributed by atoms with Crippen LogP contribution in [0.2, 0.25) is 0 Å². The van der Waals surface area contributed by atoms with E-state index in [0.717, 1.165) is 16.9 Å².